The van der Waals surface area contributed by atoms with E-state index in [9.17, 15) is 9.59 Å². The molecular weight excluding hydrogens is 272 g/mol. The van der Waals surface area contributed by atoms with E-state index in [0.29, 0.717) is 18.8 Å². The first-order valence-electron chi connectivity index (χ1n) is 6.45. The Morgan fingerprint density at radius 3 is 2.67 bits per heavy atom. The van der Waals surface area contributed by atoms with Gasteiger partial charge in [0.05, 0.1) is 31.6 Å². The second kappa shape index (κ2) is 7.68. The molecule has 7 heteroatoms. The van der Waals surface area contributed by atoms with Crippen molar-refractivity contribution in [2.45, 2.75) is 13.1 Å². The minimum atomic E-state index is -0.422. The molecule has 0 fully saturated rings. The summed E-state index contributed by atoms with van der Waals surface area (Å²) in [6.45, 7) is 0.499. The maximum Gasteiger partial charge on any atom is 0.315 e. The van der Waals surface area contributed by atoms with E-state index in [-0.39, 0.29) is 12.5 Å². The van der Waals surface area contributed by atoms with Gasteiger partial charge in [0.2, 0.25) is 5.91 Å². The van der Waals surface area contributed by atoms with E-state index in [1.54, 1.807) is 30.5 Å². The van der Waals surface area contributed by atoms with Crippen molar-refractivity contribution < 1.29 is 14.0 Å². The summed E-state index contributed by atoms with van der Waals surface area (Å²) < 4.78 is 5.08. The summed E-state index contributed by atoms with van der Waals surface area (Å²) in [5.74, 6) is 0.363. The third-order valence-corrected chi connectivity index (χ3v) is 2.61. The number of hydrogen-bond donors (Lipinski definition) is 3. The molecule has 2 aromatic heterocycles. The van der Waals surface area contributed by atoms with Gasteiger partial charge in [-0.2, -0.15) is 0 Å². The Morgan fingerprint density at radius 2 is 1.95 bits per heavy atom. The number of furan rings is 1. The van der Waals surface area contributed by atoms with Gasteiger partial charge in [-0.15, -0.1) is 0 Å². The highest BCUT2D eigenvalue weighted by Gasteiger charge is 2.05. The SMILES string of the molecule is O=C(CNC(=O)NCc1ccccn1)NCc1ccco1. The number of carbonyl (C=O) groups is 2. The first-order valence-corrected chi connectivity index (χ1v) is 6.45. The fraction of sp³-hybridized carbons (Fsp3) is 0.214. The summed E-state index contributed by atoms with van der Waals surface area (Å²) in [5.41, 5.74) is 0.745. The molecule has 0 spiro atoms. The molecule has 2 heterocycles. The molecule has 0 radical (unpaired) electrons. The average molecular weight is 288 g/mol. The summed E-state index contributed by atoms with van der Waals surface area (Å²) >= 11 is 0. The maximum absolute atomic E-state index is 11.5. The second-order valence-corrected chi connectivity index (χ2v) is 4.21. The van der Waals surface area contributed by atoms with E-state index in [4.69, 9.17) is 4.42 Å². The molecule has 0 atom stereocenters. The van der Waals surface area contributed by atoms with Crippen LogP contribution < -0.4 is 16.0 Å². The van der Waals surface area contributed by atoms with E-state index >= 15 is 0 Å². The third-order valence-electron chi connectivity index (χ3n) is 2.61. The van der Waals surface area contributed by atoms with Crippen LogP contribution in [0.4, 0.5) is 4.79 Å². The summed E-state index contributed by atoms with van der Waals surface area (Å²) in [5, 5.41) is 7.70. The van der Waals surface area contributed by atoms with Gasteiger partial charge in [0, 0.05) is 6.20 Å². The Morgan fingerprint density at radius 1 is 1.05 bits per heavy atom. The van der Waals surface area contributed by atoms with E-state index in [1.165, 1.54) is 6.26 Å². The smallest absolute Gasteiger partial charge is 0.315 e. The van der Waals surface area contributed by atoms with Crippen LogP contribution in [0.25, 0.3) is 0 Å². The minimum absolute atomic E-state index is 0.102. The van der Waals surface area contributed by atoms with Crippen molar-refractivity contribution in [1.29, 1.82) is 0 Å². The number of nitrogens with zero attached hydrogens (tertiary/aromatic N) is 1. The van der Waals surface area contributed by atoms with E-state index in [2.05, 4.69) is 20.9 Å². The predicted molar refractivity (Wildman–Crippen MR) is 75.0 cm³/mol. The lowest BCUT2D eigenvalue weighted by Crippen LogP contribution is -2.41. The van der Waals surface area contributed by atoms with Crippen molar-refractivity contribution in [3.8, 4) is 0 Å². The number of amides is 3. The number of hydrogen-bond acceptors (Lipinski definition) is 4. The Labute approximate surface area is 121 Å². The quantitative estimate of drug-likeness (QED) is 0.732. The van der Waals surface area contributed by atoms with Crippen molar-refractivity contribution in [3.05, 3.63) is 54.2 Å². The van der Waals surface area contributed by atoms with Crippen LogP contribution in [0, 0.1) is 0 Å². The summed E-state index contributed by atoms with van der Waals surface area (Å²) in [6, 6.07) is 8.51. The molecule has 2 aromatic rings. The molecule has 0 bridgehead atoms. The molecule has 0 aliphatic heterocycles. The Balaban J connectivity index is 1.61. The fourth-order valence-electron chi connectivity index (χ4n) is 1.56. The zero-order valence-electron chi connectivity index (χ0n) is 11.3. The van der Waals surface area contributed by atoms with E-state index in [1.807, 2.05) is 6.07 Å². The molecule has 3 N–H and O–H groups in total. The molecule has 110 valence electrons. The molecule has 0 aliphatic carbocycles. The van der Waals surface area contributed by atoms with Crippen molar-refractivity contribution in [1.82, 2.24) is 20.9 Å². The van der Waals surface area contributed by atoms with Crippen LogP contribution in [-0.2, 0) is 17.9 Å². The largest absolute Gasteiger partial charge is 0.467 e. The molecule has 0 saturated heterocycles. The lowest BCUT2D eigenvalue weighted by molar-refractivity contribution is -0.120. The summed E-state index contributed by atoms with van der Waals surface area (Å²) in [4.78, 5) is 27.1. The van der Waals surface area contributed by atoms with Gasteiger partial charge < -0.3 is 20.4 Å². The van der Waals surface area contributed by atoms with Crippen molar-refractivity contribution >= 4 is 11.9 Å². The van der Waals surface area contributed by atoms with Gasteiger partial charge in [-0.1, -0.05) is 6.07 Å². The molecule has 0 aliphatic rings. The topological polar surface area (TPSA) is 96.3 Å². The highest BCUT2D eigenvalue weighted by Crippen LogP contribution is 1.97. The summed E-state index contributed by atoms with van der Waals surface area (Å²) in [6.07, 6.45) is 3.18. The number of pyridine rings is 1. The molecule has 0 aromatic carbocycles. The number of urea groups is 1. The van der Waals surface area contributed by atoms with Gasteiger partial charge in [-0.05, 0) is 24.3 Å². The highest BCUT2D eigenvalue weighted by atomic mass is 16.3. The van der Waals surface area contributed by atoms with Gasteiger partial charge in [-0.3, -0.25) is 9.78 Å². The minimum Gasteiger partial charge on any atom is -0.467 e. The Kier molecular flexibility index (Phi) is 5.33. The van der Waals surface area contributed by atoms with E-state index in [0.717, 1.165) is 5.69 Å². The molecule has 0 unspecified atom stereocenters. The first kappa shape index (κ1) is 14.6. The molecule has 3 amide bonds. The fourth-order valence-corrected chi connectivity index (χ4v) is 1.56. The third kappa shape index (κ3) is 5.35. The number of nitrogens with one attached hydrogen (secondary N) is 3. The van der Waals surface area contributed by atoms with Crippen LogP contribution in [0.1, 0.15) is 11.5 Å². The predicted octanol–water partition coefficient (Wildman–Crippen LogP) is 0.790. The van der Waals surface area contributed by atoms with Gasteiger partial charge in [0.1, 0.15) is 5.76 Å². The highest BCUT2D eigenvalue weighted by molar-refractivity contribution is 5.83. The standard InChI is InChI=1S/C14H16N4O3/c19-13(16-9-12-5-3-7-21-12)10-18-14(20)17-8-11-4-1-2-6-15-11/h1-7H,8-10H2,(H,16,19)(H2,17,18,20). The second-order valence-electron chi connectivity index (χ2n) is 4.21. The average Bonchev–Trinajstić information content (AvgIpc) is 3.03. The molecule has 21 heavy (non-hydrogen) atoms. The molecule has 2 rings (SSSR count). The van der Waals surface area contributed by atoms with Gasteiger partial charge in [0.15, 0.2) is 0 Å². The van der Waals surface area contributed by atoms with Crippen LogP contribution in [-0.4, -0.2) is 23.5 Å². The zero-order valence-corrected chi connectivity index (χ0v) is 11.3. The Hall–Kier alpha value is -2.83. The van der Waals surface area contributed by atoms with Crippen LogP contribution in [0.15, 0.2) is 47.2 Å². The first-order chi connectivity index (χ1) is 10.2. The van der Waals surface area contributed by atoms with Gasteiger partial charge >= 0.3 is 6.03 Å². The number of aromatic nitrogens is 1. The summed E-state index contributed by atoms with van der Waals surface area (Å²) in [7, 11) is 0. The zero-order chi connectivity index (χ0) is 14.9. The maximum atomic E-state index is 11.5. The van der Waals surface area contributed by atoms with Crippen LogP contribution >= 0.6 is 0 Å². The number of rotatable bonds is 6. The lowest BCUT2D eigenvalue weighted by Gasteiger charge is -2.07. The van der Waals surface area contributed by atoms with E-state index < -0.39 is 6.03 Å². The molecule has 0 saturated carbocycles. The molecule has 7 nitrogen and oxygen atoms in total. The van der Waals surface area contributed by atoms with Crippen LogP contribution in [0.5, 0.6) is 0 Å². The van der Waals surface area contributed by atoms with Crippen LogP contribution in [0.2, 0.25) is 0 Å². The van der Waals surface area contributed by atoms with Crippen LogP contribution in [0.3, 0.4) is 0 Å². The normalized spacial score (nSPS) is 9.90. The lowest BCUT2D eigenvalue weighted by atomic mass is 10.3. The monoisotopic (exact) mass is 288 g/mol. The van der Waals surface area contributed by atoms with Gasteiger partial charge in [-0.25, -0.2) is 4.79 Å². The van der Waals surface area contributed by atoms with Crippen molar-refractivity contribution in [3.63, 3.8) is 0 Å². The molecular formula is C14H16N4O3. The van der Waals surface area contributed by atoms with Gasteiger partial charge in [0.25, 0.3) is 0 Å². The Bertz CT molecular complexity index is 569. The van der Waals surface area contributed by atoms with Crippen molar-refractivity contribution in [2.24, 2.45) is 0 Å². The number of carbonyl (C=O) groups excluding carboxylic acids is 2. The van der Waals surface area contributed by atoms with Crippen molar-refractivity contribution in [2.75, 3.05) is 6.54 Å².